The summed E-state index contributed by atoms with van der Waals surface area (Å²) in [6.45, 7) is 1.43. The second-order valence-electron chi connectivity index (χ2n) is 6.25. The van der Waals surface area contributed by atoms with Crippen LogP contribution in [0.1, 0.15) is 40.0 Å². The molecule has 1 aliphatic heterocycles. The Hall–Kier alpha value is -1.92. The quantitative estimate of drug-likeness (QED) is 0.861. The van der Waals surface area contributed by atoms with Gasteiger partial charge in [0.15, 0.2) is 0 Å². The third-order valence-electron chi connectivity index (χ3n) is 4.85. The zero-order valence-electron chi connectivity index (χ0n) is 13.0. The maximum absolute atomic E-state index is 12.9. The second-order valence-corrected chi connectivity index (χ2v) is 6.25. The molecular formula is C17H22N2O4. The van der Waals surface area contributed by atoms with Gasteiger partial charge in [-0.1, -0.05) is 12.5 Å². The Balaban J connectivity index is 1.84. The van der Waals surface area contributed by atoms with Crippen LogP contribution >= 0.6 is 0 Å². The van der Waals surface area contributed by atoms with Crippen LogP contribution in [0.4, 0.5) is 0 Å². The average molecular weight is 318 g/mol. The van der Waals surface area contributed by atoms with Crippen LogP contribution < -0.4 is 5.73 Å². The first-order chi connectivity index (χ1) is 11.1. The molecule has 3 atom stereocenters. The number of nitrogens with two attached hydrogens (primary N) is 1. The summed E-state index contributed by atoms with van der Waals surface area (Å²) in [5, 5.41) is 10.2. The molecule has 1 saturated carbocycles. The molecule has 0 unspecified atom stereocenters. The number of aliphatic hydroxyl groups is 1. The first kappa shape index (κ1) is 16.0. The van der Waals surface area contributed by atoms with E-state index in [1.54, 1.807) is 23.1 Å². The lowest BCUT2D eigenvalue weighted by molar-refractivity contribution is -0.0383. The molecule has 1 saturated heterocycles. The number of ether oxygens (including phenoxy) is 1. The third kappa shape index (κ3) is 3.23. The van der Waals surface area contributed by atoms with Crippen molar-refractivity contribution in [3.05, 3.63) is 35.4 Å². The fraction of sp³-hybridized carbons (Fsp3) is 0.529. The number of primary amides is 1. The van der Waals surface area contributed by atoms with Gasteiger partial charge in [-0.05, 0) is 31.0 Å². The molecule has 6 heteroatoms. The molecule has 0 spiro atoms. The maximum atomic E-state index is 12.9. The summed E-state index contributed by atoms with van der Waals surface area (Å²) in [5.74, 6) is -0.636. The third-order valence-corrected chi connectivity index (χ3v) is 4.85. The average Bonchev–Trinajstić information content (AvgIpc) is 3.00. The van der Waals surface area contributed by atoms with E-state index >= 15 is 0 Å². The molecule has 0 radical (unpaired) electrons. The number of carbonyl (C=O) groups is 2. The predicted molar refractivity (Wildman–Crippen MR) is 84.0 cm³/mol. The Labute approximate surface area is 135 Å². The van der Waals surface area contributed by atoms with Crippen LogP contribution in [0.2, 0.25) is 0 Å². The van der Waals surface area contributed by atoms with Gasteiger partial charge in [-0.25, -0.2) is 0 Å². The molecule has 0 aromatic heterocycles. The summed E-state index contributed by atoms with van der Waals surface area (Å²) in [6, 6.07) is 6.35. The Morgan fingerprint density at radius 3 is 2.74 bits per heavy atom. The van der Waals surface area contributed by atoms with Gasteiger partial charge < -0.3 is 20.5 Å². The van der Waals surface area contributed by atoms with E-state index in [0.29, 0.717) is 30.9 Å². The lowest BCUT2D eigenvalue weighted by Crippen LogP contribution is -2.53. The Morgan fingerprint density at radius 2 is 2.04 bits per heavy atom. The highest BCUT2D eigenvalue weighted by atomic mass is 16.5. The van der Waals surface area contributed by atoms with Gasteiger partial charge >= 0.3 is 0 Å². The summed E-state index contributed by atoms with van der Waals surface area (Å²) >= 11 is 0. The number of aliphatic hydroxyl groups excluding tert-OH is 1. The first-order valence-corrected chi connectivity index (χ1v) is 8.04. The van der Waals surface area contributed by atoms with E-state index in [-0.39, 0.29) is 24.0 Å². The van der Waals surface area contributed by atoms with Crippen molar-refractivity contribution in [2.24, 2.45) is 11.7 Å². The number of morpholine rings is 1. The highest BCUT2D eigenvalue weighted by Gasteiger charge is 2.39. The molecule has 1 aromatic rings. The van der Waals surface area contributed by atoms with Crippen molar-refractivity contribution in [1.29, 1.82) is 0 Å². The largest absolute Gasteiger partial charge is 0.393 e. The zero-order valence-corrected chi connectivity index (χ0v) is 13.0. The molecular weight excluding hydrogens is 296 g/mol. The lowest BCUT2D eigenvalue weighted by atomic mass is 9.93. The number of hydrogen-bond acceptors (Lipinski definition) is 4. The minimum absolute atomic E-state index is 0.0542. The molecule has 2 aliphatic rings. The normalized spacial score (nSPS) is 27.9. The van der Waals surface area contributed by atoms with Crippen molar-refractivity contribution in [3.63, 3.8) is 0 Å². The van der Waals surface area contributed by atoms with Crippen molar-refractivity contribution < 1.29 is 19.4 Å². The number of amides is 2. The lowest BCUT2D eigenvalue weighted by Gasteiger charge is -2.40. The van der Waals surface area contributed by atoms with Gasteiger partial charge in [-0.2, -0.15) is 0 Å². The van der Waals surface area contributed by atoms with Crippen LogP contribution in [0, 0.1) is 5.92 Å². The molecule has 2 amide bonds. The van der Waals surface area contributed by atoms with Crippen LogP contribution in [-0.2, 0) is 4.74 Å². The van der Waals surface area contributed by atoms with Crippen LogP contribution in [0.15, 0.2) is 24.3 Å². The standard InChI is InChI=1S/C17H22N2O4/c18-16(21)11-3-1-4-12(9-11)17(22)19-7-8-23-10-14(19)13-5-2-6-15(13)20/h1,3-4,9,13-15,20H,2,5-8,10H2,(H2,18,21)/t13-,14+,15+/m0/s1. The van der Waals surface area contributed by atoms with E-state index < -0.39 is 5.91 Å². The van der Waals surface area contributed by atoms with Gasteiger partial charge in [0.1, 0.15) is 0 Å². The molecule has 3 N–H and O–H groups in total. The summed E-state index contributed by atoms with van der Waals surface area (Å²) in [7, 11) is 0. The summed E-state index contributed by atoms with van der Waals surface area (Å²) in [4.78, 5) is 26.0. The van der Waals surface area contributed by atoms with Crippen molar-refractivity contribution in [2.45, 2.75) is 31.4 Å². The number of nitrogens with zero attached hydrogens (tertiary/aromatic N) is 1. The van der Waals surface area contributed by atoms with Crippen molar-refractivity contribution in [2.75, 3.05) is 19.8 Å². The van der Waals surface area contributed by atoms with Crippen molar-refractivity contribution in [1.82, 2.24) is 4.90 Å². The molecule has 0 bridgehead atoms. The topological polar surface area (TPSA) is 92.9 Å². The van der Waals surface area contributed by atoms with E-state index in [1.165, 1.54) is 6.07 Å². The fourth-order valence-electron chi connectivity index (χ4n) is 3.62. The zero-order chi connectivity index (χ0) is 16.4. The van der Waals surface area contributed by atoms with Crippen molar-refractivity contribution in [3.8, 4) is 0 Å². The summed E-state index contributed by atoms with van der Waals surface area (Å²) in [5.41, 5.74) is 6.06. The molecule has 1 aliphatic carbocycles. The minimum atomic E-state index is -0.551. The number of benzene rings is 1. The van der Waals surface area contributed by atoms with Gasteiger partial charge in [0.05, 0.1) is 25.4 Å². The highest BCUT2D eigenvalue weighted by Crippen LogP contribution is 2.32. The van der Waals surface area contributed by atoms with Gasteiger partial charge in [0.2, 0.25) is 5.91 Å². The molecule has 2 fully saturated rings. The van der Waals surface area contributed by atoms with Crippen LogP contribution in [-0.4, -0.2) is 53.7 Å². The van der Waals surface area contributed by atoms with Gasteiger partial charge in [-0.3, -0.25) is 9.59 Å². The predicted octanol–water partition coefficient (Wildman–Crippen LogP) is 0.787. The Bertz CT molecular complexity index is 604. The second kappa shape index (κ2) is 6.68. The fourth-order valence-corrected chi connectivity index (χ4v) is 3.62. The smallest absolute Gasteiger partial charge is 0.254 e. The van der Waals surface area contributed by atoms with Gasteiger partial charge in [0, 0.05) is 23.6 Å². The molecule has 23 heavy (non-hydrogen) atoms. The van der Waals surface area contributed by atoms with Crippen molar-refractivity contribution >= 4 is 11.8 Å². The SMILES string of the molecule is NC(=O)c1cccc(C(=O)N2CCOC[C@@H]2[C@@H]2CCC[C@H]2O)c1. The van der Waals surface area contributed by atoms with E-state index in [4.69, 9.17) is 10.5 Å². The number of rotatable bonds is 3. The molecule has 124 valence electrons. The summed E-state index contributed by atoms with van der Waals surface area (Å²) in [6.07, 6.45) is 2.27. The minimum Gasteiger partial charge on any atom is -0.393 e. The van der Waals surface area contributed by atoms with E-state index in [2.05, 4.69) is 0 Å². The number of hydrogen-bond donors (Lipinski definition) is 2. The van der Waals surface area contributed by atoms with Crippen LogP contribution in [0.25, 0.3) is 0 Å². The molecule has 6 nitrogen and oxygen atoms in total. The first-order valence-electron chi connectivity index (χ1n) is 8.04. The van der Waals surface area contributed by atoms with E-state index in [9.17, 15) is 14.7 Å². The van der Waals surface area contributed by atoms with E-state index in [0.717, 1.165) is 19.3 Å². The Kier molecular flexibility index (Phi) is 4.63. The van der Waals surface area contributed by atoms with Crippen LogP contribution in [0.5, 0.6) is 0 Å². The van der Waals surface area contributed by atoms with E-state index in [1.807, 2.05) is 0 Å². The molecule has 1 aromatic carbocycles. The molecule has 1 heterocycles. The van der Waals surface area contributed by atoms with Gasteiger partial charge in [0.25, 0.3) is 5.91 Å². The number of carbonyl (C=O) groups excluding carboxylic acids is 2. The van der Waals surface area contributed by atoms with Gasteiger partial charge in [-0.15, -0.1) is 0 Å². The maximum Gasteiger partial charge on any atom is 0.254 e. The van der Waals surface area contributed by atoms with Crippen LogP contribution in [0.3, 0.4) is 0 Å². The molecule has 3 rings (SSSR count). The highest BCUT2D eigenvalue weighted by molar-refractivity contribution is 5.99. The monoisotopic (exact) mass is 318 g/mol. The summed E-state index contributed by atoms with van der Waals surface area (Å²) < 4.78 is 5.54. The Morgan fingerprint density at radius 1 is 1.26 bits per heavy atom.